The fraction of sp³-hybridized carbons (Fsp3) is 0.455. The van der Waals surface area contributed by atoms with Crippen LogP contribution in [0.3, 0.4) is 0 Å². The first-order valence-corrected chi connectivity index (χ1v) is 4.84. The van der Waals surface area contributed by atoms with Crippen LogP contribution >= 0.6 is 0 Å². The van der Waals surface area contributed by atoms with Crippen LogP contribution in [0.1, 0.15) is 25.5 Å². The van der Waals surface area contributed by atoms with Gasteiger partial charge in [0.15, 0.2) is 0 Å². The summed E-state index contributed by atoms with van der Waals surface area (Å²) in [6.45, 7) is 2.87. The molecule has 0 spiro atoms. The first-order valence-electron chi connectivity index (χ1n) is 4.84. The predicted molar refractivity (Wildman–Crippen MR) is 55.2 cm³/mol. The van der Waals surface area contributed by atoms with Gasteiger partial charge in [-0.2, -0.15) is 0 Å². The Kier molecular flexibility index (Phi) is 2.05. The molecule has 1 aromatic rings. The molecular weight excluding hydrogens is 194 g/mol. The van der Waals surface area contributed by atoms with Gasteiger partial charge < -0.3 is 20.7 Å². The van der Waals surface area contributed by atoms with Gasteiger partial charge in [0.2, 0.25) is 5.79 Å². The number of aliphatic hydroxyl groups is 2. The van der Waals surface area contributed by atoms with Crippen LogP contribution in [0.25, 0.3) is 0 Å². The second-order valence-electron chi connectivity index (χ2n) is 4.25. The van der Waals surface area contributed by atoms with E-state index in [4.69, 9.17) is 10.5 Å². The minimum atomic E-state index is -1.68. The minimum Gasteiger partial charge on any atom is -0.459 e. The zero-order chi connectivity index (χ0) is 11.3. The van der Waals surface area contributed by atoms with E-state index >= 15 is 0 Å². The summed E-state index contributed by atoms with van der Waals surface area (Å²) in [5.41, 5.74) is 5.10. The molecule has 0 unspecified atom stereocenters. The predicted octanol–water partition coefficient (Wildman–Crippen LogP) is 0.538. The van der Waals surface area contributed by atoms with E-state index in [1.807, 2.05) is 6.07 Å². The fourth-order valence-corrected chi connectivity index (χ4v) is 1.74. The number of rotatable bonds is 0. The van der Waals surface area contributed by atoms with Crippen LogP contribution in [0.2, 0.25) is 0 Å². The Morgan fingerprint density at radius 3 is 2.53 bits per heavy atom. The molecule has 0 aliphatic carbocycles. The summed E-state index contributed by atoms with van der Waals surface area (Å²) in [7, 11) is 0. The van der Waals surface area contributed by atoms with Crippen molar-refractivity contribution in [1.82, 2.24) is 0 Å². The summed E-state index contributed by atoms with van der Waals surface area (Å²) in [6.07, 6.45) is 0. The molecule has 82 valence electrons. The van der Waals surface area contributed by atoms with Crippen molar-refractivity contribution in [2.45, 2.75) is 31.3 Å². The average Bonchev–Trinajstić information content (AvgIpc) is 2.15. The monoisotopic (exact) mass is 209 g/mol. The molecule has 0 aromatic heterocycles. The van der Waals surface area contributed by atoms with Crippen molar-refractivity contribution in [3.8, 4) is 5.75 Å². The molecule has 4 heteroatoms. The Morgan fingerprint density at radius 2 is 1.87 bits per heavy atom. The zero-order valence-electron chi connectivity index (χ0n) is 8.77. The molecule has 0 saturated carbocycles. The quantitative estimate of drug-likeness (QED) is 0.583. The number of hydrogen-bond donors (Lipinski definition) is 3. The van der Waals surface area contributed by atoms with Crippen molar-refractivity contribution in [3.63, 3.8) is 0 Å². The van der Waals surface area contributed by atoms with Gasteiger partial charge in [0, 0.05) is 12.5 Å². The molecule has 0 amide bonds. The number of fused-ring (bicyclic) bond motifs is 1. The van der Waals surface area contributed by atoms with Gasteiger partial charge in [-0.1, -0.05) is 18.2 Å². The maximum absolute atomic E-state index is 10.1. The smallest absolute Gasteiger partial charge is 0.235 e. The van der Waals surface area contributed by atoms with E-state index in [1.54, 1.807) is 18.2 Å². The molecule has 1 aliphatic heterocycles. The maximum atomic E-state index is 10.1. The van der Waals surface area contributed by atoms with E-state index in [1.165, 1.54) is 13.8 Å². The van der Waals surface area contributed by atoms with Crippen LogP contribution in [0.4, 0.5) is 0 Å². The second-order valence-corrected chi connectivity index (χ2v) is 4.25. The van der Waals surface area contributed by atoms with Crippen molar-refractivity contribution in [1.29, 1.82) is 0 Å². The van der Waals surface area contributed by atoms with Crippen LogP contribution in [-0.2, 0) is 0 Å². The van der Waals surface area contributed by atoms with Gasteiger partial charge in [0.25, 0.3) is 0 Å². The number of para-hydroxylation sites is 1. The van der Waals surface area contributed by atoms with E-state index in [0.29, 0.717) is 11.3 Å². The van der Waals surface area contributed by atoms with E-state index < -0.39 is 17.4 Å². The molecule has 15 heavy (non-hydrogen) atoms. The molecule has 4 N–H and O–H groups in total. The number of benzene rings is 1. The summed E-state index contributed by atoms with van der Waals surface area (Å²) < 4.78 is 5.33. The van der Waals surface area contributed by atoms with E-state index in [0.717, 1.165) is 0 Å². The highest BCUT2D eigenvalue weighted by Crippen LogP contribution is 2.43. The van der Waals surface area contributed by atoms with Crippen LogP contribution < -0.4 is 10.5 Å². The Hall–Kier alpha value is -1.10. The Morgan fingerprint density at radius 1 is 1.27 bits per heavy atom. The maximum Gasteiger partial charge on any atom is 0.235 e. The van der Waals surface area contributed by atoms with Gasteiger partial charge in [-0.05, 0) is 13.0 Å². The highest BCUT2D eigenvalue weighted by molar-refractivity contribution is 5.40. The van der Waals surface area contributed by atoms with Gasteiger partial charge in [-0.25, -0.2) is 0 Å². The van der Waals surface area contributed by atoms with E-state index in [2.05, 4.69) is 0 Å². The van der Waals surface area contributed by atoms with Gasteiger partial charge in [-0.3, -0.25) is 0 Å². The Balaban J connectivity index is 2.56. The van der Waals surface area contributed by atoms with Crippen LogP contribution in [0, 0.1) is 0 Å². The number of nitrogens with two attached hydrogens (primary N) is 1. The lowest BCUT2D eigenvalue weighted by atomic mass is 9.81. The lowest BCUT2D eigenvalue weighted by molar-refractivity contribution is -0.257. The van der Waals surface area contributed by atoms with Gasteiger partial charge in [0.1, 0.15) is 11.4 Å². The Labute approximate surface area is 88.3 Å². The second kappa shape index (κ2) is 2.95. The molecule has 1 heterocycles. The van der Waals surface area contributed by atoms with Crippen LogP contribution in [-0.4, -0.2) is 21.6 Å². The molecular formula is C11H15NO3. The van der Waals surface area contributed by atoms with Crippen molar-refractivity contribution in [2.75, 3.05) is 0 Å². The topological polar surface area (TPSA) is 75.7 Å². The summed E-state index contributed by atoms with van der Waals surface area (Å²) in [5, 5.41) is 20.1. The standard InChI is InChI=1S/C11H15NO3/c1-10(13)9(12)7-5-3-4-6-8(7)15-11(10,2)14/h3-6,9,13-14H,12H2,1-2H3/t9-,10+,11-/m1/s1. The van der Waals surface area contributed by atoms with Crippen molar-refractivity contribution in [3.05, 3.63) is 29.8 Å². The summed E-state index contributed by atoms with van der Waals surface area (Å²) >= 11 is 0. The Bertz CT molecular complexity index is 387. The lowest BCUT2D eigenvalue weighted by Crippen LogP contribution is -2.62. The molecule has 0 radical (unpaired) electrons. The average molecular weight is 209 g/mol. The molecule has 2 rings (SSSR count). The van der Waals surface area contributed by atoms with Crippen molar-refractivity contribution >= 4 is 0 Å². The molecule has 1 aromatic carbocycles. The molecule has 0 fully saturated rings. The third kappa shape index (κ3) is 1.33. The normalized spacial score (nSPS) is 39.4. The molecule has 0 bridgehead atoms. The molecule has 0 saturated heterocycles. The third-order valence-corrected chi connectivity index (χ3v) is 3.11. The number of hydrogen-bond acceptors (Lipinski definition) is 4. The molecule has 1 aliphatic rings. The first kappa shape index (κ1) is 10.4. The summed E-state index contributed by atoms with van der Waals surface area (Å²) in [6, 6.07) is 6.44. The molecule has 4 nitrogen and oxygen atoms in total. The zero-order valence-corrected chi connectivity index (χ0v) is 8.77. The lowest BCUT2D eigenvalue weighted by Gasteiger charge is -2.46. The van der Waals surface area contributed by atoms with E-state index in [-0.39, 0.29) is 0 Å². The van der Waals surface area contributed by atoms with Crippen molar-refractivity contribution < 1.29 is 14.9 Å². The fourth-order valence-electron chi connectivity index (χ4n) is 1.74. The van der Waals surface area contributed by atoms with E-state index in [9.17, 15) is 10.2 Å². The van der Waals surface area contributed by atoms with Crippen LogP contribution in [0.5, 0.6) is 5.75 Å². The molecule has 3 atom stereocenters. The first-order chi connectivity index (χ1) is 6.86. The largest absolute Gasteiger partial charge is 0.459 e. The van der Waals surface area contributed by atoms with Crippen molar-refractivity contribution in [2.24, 2.45) is 5.73 Å². The summed E-state index contributed by atoms with van der Waals surface area (Å²) in [4.78, 5) is 0. The minimum absolute atomic E-state index is 0.515. The van der Waals surface area contributed by atoms with Gasteiger partial charge in [-0.15, -0.1) is 0 Å². The highest BCUT2D eigenvalue weighted by atomic mass is 16.6. The highest BCUT2D eigenvalue weighted by Gasteiger charge is 2.53. The third-order valence-electron chi connectivity index (χ3n) is 3.11. The SMILES string of the molecule is C[C@]1(O)[C@H](N)c2ccccc2O[C@@]1(C)O. The van der Waals surface area contributed by atoms with Gasteiger partial charge >= 0.3 is 0 Å². The van der Waals surface area contributed by atoms with Crippen LogP contribution in [0.15, 0.2) is 24.3 Å². The van der Waals surface area contributed by atoms with Gasteiger partial charge in [0.05, 0.1) is 6.04 Å². The summed E-state index contributed by atoms with van der Waals surface area (Å²) in [5.74, 6) is -1.16. The number of ether oxygens (including phenoxy) is 1.